The number of carbonyl (C=O) groups is 1. The Morgan fingerprint density at radius 2 is 2.08 bits per heavy atom. The third-order valence-corrected chi connectivity index (χ3v) is 2.04. The van der Waals surface area contributed by atoms with Crippen molar-refractivity contribution in [2.45, 2.75) is 40.0 Å². The SMILES string of the molecule is C=CC(CCCC(C)(C)C)C(=O)O. The standard InChI is InChI=1S/C11H20O2/c1-5-9(10(12)13)7-6-8-11(2,3)4/h5,9H,1,6-8H2,2-4H3,(H,12,13). The van der Waals surface area contributed by atoms with E-state index >= 15 is 0 Å². The van der Waals surface area contributed by atoms with Crippen molar-refractivity contribution in [2.24, 2.45) is 11.3 Å². The second kappa shape index (κ2) is 5.05. The van der Waals surface area contributed by atoms with Crippen molar-refractivity contribution < 1.29 is 9.90 Å². The quantitative estimate of drug-likeness (QED) is 0.667. The van der Waals surface area contributed by atoms with Gasteiger partial charge in [-0.2, -0.15) is 0 Å². The molecule has 0 aliphatic carbocycles. The largest absolute Gasteiger partial charge is 0.481 e. The van der Waals surface area contributed by atoms with Gasteiger partial charge in [-0.05, 0) is 18.3 Å². The van der Waals surface area contributed by atoms with Crippen LogP contribution in [0.4, 0.5) is 0 Å². The molecule has 1 unspecified atom stereocenters. The third-order valence-electron chi connectivity index (χ3n) is 2.04. The smallest absolute Gasteiger partial charge is 0.310 e. The summed E-state index contributed by atoms with van der Waals surface area (Å²) in [5, 5.41) is 8.73. The lowest BCUT2D eigenvalue weighted by Gasteiger charge is -2.18. The molecule has 0 aliphatic rings. The summed E-state index contributed by atoms with van der Waals surface area (Å²) < 4.78 is 0. The molecule has 0 spiro atoms. The van der Waals surface area contributed by atoms with E-state index in [9.17, 15) is 4.79 Å². The highest BCUT2D eigenvalue weighted by Gasteiger charge is 2.15. The zero-order valence-electron chi connectivity index (χ0n) is 8.84. The molecule has 0 aromatic heterocycles. The van der Waals surface area contributed by atoms with Gasteiger partial charge in [0.2, 0.25) is 0 Å². The Labute approximate surface area is 80.7 Å². The minimum Gasteiger partial charge on any atom is -0.481 e. The fourth-order valence-corrected chi connectivity index (χ4v) is 1.19. The van der Waals surface area contributed by atoms with Crippen LogP contribution in [0.5, 0.6) is 0 Å². The van der Waals surface area contributed by atoms with Gasteiger partial charge in [-0.15, -0.1) is 6.58 Å². The van der Waals surface area contributed by atoms with Gasteiger partial charge in [-0.1, -0.05) is 33.3 Å². The lowest BCUT2D eigenvalue weighted by Crippen LogP contribution is -2.12. The van der Waals surface area contributed by atoms with Crippen molar-refractivity contribution in [1.29, 1.82) is 0 Å². The molecule has 0 radical (unpaired) electrons. The van der Waals surface area contributed by atoms with Crippen LogP contribution in [0.3, 0.4) is 0 Å². The Kier molecular flexibility index (Phi) is 4.74. The van der Waals surface area contributed by atoms with Crippen LogP contribution in [0.2, 0.25) is 0 Å². The summed E-state index contributed by atoms with van der Waals surface area (Å²) in [6.45, 7) is 10.0. The van der Waals surface area contributed by atoms with Gasteiger partial charge in [0.25, 0.3) is 0 Å². The normalized spacial score (nSPS) is 13.8. The minimum absolute atomic E-state index is 0.296. The molecular weight excluding hydrogens is 164 g/mol. The maximum absolute atomic E-state index is 10.6. The van der Waals surface area contributed by atoms with E-state index in [-0.39, 0.29) is 5.92 Å². The highest BCUT2D eigenvalue weighted by atomic mass is 16.4. The summed E-state index contributed by atoms with van der Waals surface area (Å²) >= 11 is 0. The lowest BCUT2D eigenvalue weighted by molar-refractivity contribution is -0.140. The number of aliphatic carboxylic acids is 1. The van der Waals surface area contributed by atoms with E-state index in [2.05, 4.69) is 27.4 Å². The Balaban J connectivity index is 3.74. The van der Waals surface area contributed by atoms with Crippen LogP contribution in [-0.2, 0) is 4.79 Å². The molecule has 0 bridgehead atoms. The van der Waals surface area contributed by atoms with Crippen LogP contribution in [-0.4, -0.2) is 11.1 Å². The number of rotatable bonds is 5. The summed E-state index contributed by atoms with van der Waals surface area (Å²) in [7, 11) is 0. The van der Waals surface area contributed by atoms with Gasteiger partial charge < -0.3 is 5.11 Å². The van der Waals surface area contributed by atoms with Gasteiger partial charge in [0, 0.05) is 0 Å². The maximum Gasteiger partial charge on any atom is 0.310 e. The fourth-order valence-electron chi connectivity index (χ4n) is 1.19. The first-order valence-corrected chi connectivity index (χ1v) is 4.72. The summed E-state index contributed by atoms with van der Waals surface area (Å²) in [5.41, 5.74) is 0.296. The Hall–Kier alpha value is -0.790. The molecule has 2 heteroatoms. The molecule has 2 nitrogen and oxygen atoms in total. The Bertz CT molecular complexity index is 177. The van der Waals surface area contributed by atoms with Crippen LogP contribution >= 0.6 is 0 Å². The predicted octanol–water partition coefficient (Wildman–Crippen LogP) is 3.09. The molecule has 0 fully saturated rings. The summed E-state index contributed by atoms with van der Waals surface area (Å²) in [5.74, 6) is -1.13. The van der Waals surface area contributed by atoms with Crippen molar-refractivity contribution in [3.05, 3.63) is 12.7 Å². The van der Waals surface area contributed by atoms with Crippen molar-refractivity contribution in [1.82, 2.24) is 0 Å². The van der Waals surface area contributed by atoms with Gasteiger partial charge in [0.15, 0.2) is 0 Å². The first kappa shape index (κ1) is 12.2. The van der Waals surface area contributed by atoms with E-state index in [0.29, 0.717) is 11.8 Å². The molecule has 0 heterocycles. The molecule has 0 amide bonds. The summed E-state index contributed by atoms with van der Waals surface area (Å²) in [6.07, 6.45) is 4.23. The minimum atomic E-state index is -0.760. The molecular formula is C11H20O2. The summed E-state index contributed by atoms with van der Waals surface area (Å²) in [4.78, 5) is 10.6. The second-order valence-corrected chi connectivity index (χ2v) is 4.63. The van der Waals surface area contributed by atoms with Crippen LogP contribution in [0.25, 0.3) is 0 Å². The maximum atomic E-state index is 10.6. The van der Waals surface area contributed by atoms with Crippen molar-refractivity contribution in [3.8, 4) is 0 Å². The first-order valence-electron chi connectivity index (χ1n) is 4.72. The second-order valence-electron chi connectivity index (χ2n) is 4.63. The molecule has 76 valence electrons. The number of carboxylic acids is 1. The van der Waals surface area contributed by atoms with E-state index in [1.807, 2.05) is 0 Å². The third kappa shape index (κ3) is 6.38. The molecule has 1 N–H and O–H groups in total. The van der Waals surface area contributed by atoms with Crippen LogP contribution < -0.4 is 0 Å². The van der Waals surface area contributed by atoms with Crippen molar-refractivity contribution in [3.63, 3.8) is 0 Å². The van der Waals surface area contributed by atoms with Crippen molar-refractivity contribution >= 4 is 5.97 Å². The zero-order chi connectivity index (χ0) is 10.5. The number of carboxylic acid groups (broad SMARTS) is 1. The molecule has 0 aromatic rings. The van der Waals surface area contributed by atoms with Gasteiger partial charge in [-0.3, -0.25) is 4.79 Å². The lowest BCUT2D eigenvalue weighted by atomic mass is 9.88. The molecule has 0 aliphatic heterocycles. The van der Waals surface area contributed by atoms with Gasteiger partial charge in [0.05, 0.1) is 5.92 Å². The topological polar surface area (TPSA) is 37.3 Å². The van der Waals surface area contributed by atoms with Crippen LogP contribution in [0.15, 0.2) is 12.7 Å². The highest BCUT2D eigenvalue weighted by Crippen LogP contribution is 2.23. The summed E-state index contributed by atoms with van der Waals surface area (Å²) in [6, 6.07) is 0. The van der Waals surface area contributed by atoms with Crippen molar-refractivity contribution in [2.75, 3.05) is 0 Å². The fraction of sp³-hybridized carbons (Fsp3) is 0.727. The monoisotopic (exact) mass is 184 g/mol. The van der Waals surface area contributed by atoms with Gasteiger partial charge in [-0.25, -0.2) is 0 Å². The predicted molar refractivity (Wildman–Crippen MR) is 54.6 cm³/mol. The van der Waals surface area contributed by atoms with E-state index in [4.69, 9.17) is 5.11 Å². The molecule has 0 aromatic carbocycles. The molecule has 0 rings (SSSR count). The van der Waals surface area contributed by atoms with Crippen LogP contribution in [0.1, 0.15) is 40.0 Å². The average molecular weight is 184 g/mol. The van der Waals surface area contributed by atoms with E-state index in [1.165, 1.54) is 6.08 Å². The van der Waals surface area contributed by atoms with Gasteiger partial charge in [0.1, 0.15) is 0 Å². The molecule has 1 atom stereocenters. The van der Waals surface area contributed by atoms with Gasteiger partial charge >= 0.3 is 5.97 Å². The van der Waals surface area contributed by atoms with E-state index in [1.54, 1.807) is 0 Å². The van der Waals surface area contributed by atoms with Crippen LogP contribution in [0, 0.1) is 11.3 Å². The molecule has 0 saturated heterocycles. The Morgan fingerprint density at radius 3 is 2.38 bits per heavy atom. The first-order chi connectivity index (χ1) is 5.87. The number of hydrogen-bond acceptors (Lipinski definition) is 1. The number of hydrogen-bond donors (Lipinski definition) is 1. The molecule has 13 heavy (non-hydrogen) atoms. The average Bonchev–Trinajstić information content (AvgIpc) is 1.95. The molecule has 0 saturated carbocycles. The highest BCUT2D eigenvalue weighted by molar-refractivity contribution is 5.71. The van der Waals surface area contributed by atoms with E-state index < -0.39 is 5.97 Å². The van der Waals surface area contributed by atoms with E-state index in [0.717, 1.165) is 12.8 Å². The Morgan fingerprint density at radius 1 is 1.54 bits per heavy atom. The zero-order valence-corrected chi connectivity index (χ0v) is 8.84.